The van der Waals surface area contributed by atoms with E-state index in [2.05, 4.69) is 5.10 Å². The predicted molar refractivity (Wildman–Crippen MR) is 73.9 cm³/mol. The van der Waals surface area contributed by atoms with E-state index in [4.69, 9.17) is 9.47 Å². The largest absolute Gasteiger partial charge is 0.497 e. The molecule has 0 spiro atoms. The molecular weight excluding hydrogens is 256 g/mol. The van der Waals surface area contributed by atoms with Gasteiger partial charge in [0.15, 0.2) is 0 Å². The van der Waals surface area contributed by atoms with Crippen LogP contribution in [-0.4, -0.2) is 22.0 Å². The number of benzene rings is 1. The topological polar surface area (TPSA) is 56.5 Å². The van der Waals surface area contributed by atoms with Gasteiger partial charge in [0, 0.05) is 30.8 Å². The summed E-state index contributed by atoms with van der Waals surface area (Å²) in [5, 5.41) is 14.7. The van der Waals surface area contributed by atoms with Crippen molar-refractivity contribution in [3.63, 3.8) is 0 Å². The van der Waals surface area contributed by atoms with Crippen LogP contribution < -0.4 is 9.47 Å². The van der Waals surface area contributed by atoms with Gasteiger partial charge in [-0.2, -0.15) is 5.10 Å². The summed E-state index contributed by atoms with van der Waals surface area (Å²) < 4.78 is 13.0. The molecule has 0 bridgehead atoms. The maximum absolute atomic E-state index is 10.3. The van der Waals surface area contributed by atoms with Crippen molar-refractivity contribution >= 4 is 0 Å². The van der Waals surface area contributed by atoms with Gasteiger partial charge in [-0.15, -0.1) is 0 Å². The Kier molecular flexibility index (Phi) is 3.14. The van der Waals surface area contributed by atoms with Crippen LogP contribution >= 0.6 is 0 Å². The summed E-state index contributed by atoms with van der Waals surface area (Å²) in [4.78, 5) is 0. The number of hydrogen-bond donors (Lipinski definition) is 1. The lowest BCUT2D eigenvalue weighted by atomic mass is 9.95. The third kappa shape index (κ3) is 2.14. The van der Waals surface area contributed by atoms with Gasteiger partial charge in [-0.3, -0.25) is 4.68 Å². The lowest BCUT2D eigenvalue weighted by Crippen LogP contribution is -2.19. The molecule has 1 aromatic carbocycles. The molecule has 0 amide bonds. The third-order valence-electron chi connectivity index (χ3n) is 3.68. The van der Waals surface area contributed by atoms with E-state index < -0.39 is 6.10 Å². The number of hydrogen-bond acceptors (Lipinski definition) is 4. The highest BCUT2D eigenvalue weighted by atomic mass is 16.5. The lowest BCUT2D eigenvalue weighted by molar-refractivity contribution is 0.0651. The summed E-state index contributed by atoms with van der Waals surface area (Å²) in [6.45, 7) is 1.95. The molecule has 2 unspecified atom stereocenters. The molecule has 0 saturated carbocycles. The molecule has 5 heteroatoms. The van der Waals surface area contributed by atoms with Crippen LogP contribution in [0, 0.1) is 6.92 Å². The van der Waals surface area contributed by atoms with Gasteiger partial charge in [0.1, 0.15) is 17.6 Å². The van der Waals surface area contributed by atoms with Crippen LogP contribution in [-0.2, 0) is 7.05 Å². The number of aromatic nitrogens is 2. The summed E-state index contributed by atoms with van der Waals surface area (Å²) in [6, 6.07) is 5.51. The Morgan fingerprint density at radius 2 is 2.20 bits per heavy atom. The molecule has 106 valence electrons. The van der Waals surface area contributed by atoms with Crippen LogP contribution in [0.4, 0.5) is 0 Å². The fourth-order valence-corrected chi connectivity index (χ4v) is 2.68. The first-order chi connectivity index (χ1) is 9.58. The zero-order chi connectivity index (χ0) is 14.3. The Labute approximate surface area is 117 Å². The van der Waals surface area contributed by atoms with Crippen molar-refractivity contribution < 1.29 is 14.6 Å². The molecule has 1 N–H and O–H groups in total. The second-order valence-electron chi connectivity index (χ2n) is 5.11. The number of ether oxygens (including phenoxy) is 2. The van der Waals surface area contributed by atoms with E-state index in [1.54, 1.807) is 11.8 Å². The molecule has 1 aromatic heterocycles. The summed E-state index contributed by atoms with van der Waals surface area (Å²) in [5.41, 5.74) is 2.73. The number of methoxy groups -OCH3 is 1. The van der Waals surface area contributed by atoms with E-state index in [1.165, 1.54) is 0 Å². The first-order valence-corrected chi connectivity index (χ1v) is 6.61. The Bertz CT molecular complexity index is 636. The van der Waals surface area contributed by atoms with Crippen molar-refractivity contribution in [2.75, 3.05) is 7.11 Å². The molecule has 0 aliphatic carbocycles. The van der Waals surface area contributed by atoms with Gasteiger partial charge >= 0.3 is 0 Å². The highest BCUT2D eigenvalue weighted by Gasteiger charge is 2.30. The molecule has 2 atom stereocenters. The highest BCUT2D eigenvalue weighted by molar-refractivity contribution is 5.43. The Morgan fingerprint density at radius 3 is 2.85 bits per heavy atom. The van der Waals surface area contributed by atoms with Gasteiger partial charge in [0.2, 0.25) is 0 Å². The highest BCUT2D eigenvalue weighted by Crippen LogP contribution is 2.42. The lowest BCUT2D eigenvalue weighted by Gasteiger charge is -2.29. The molecule has 0 radical (unpaired) electrons. The molecule has 2 aromatic rings. The average Bonchev–Trinajstić information content (AvgIpc) is 2.77. The molecule has 1 aliphatic heterocycles. The molecule has 0 saturated heterocycles. The van der Waals surface area contributed by atoms with Gasteiger partial charge in [-0.05, 0) is 25.1 Å². The number of fused-ring (bicyclic) bond motifs is 1. The Balaban J connectivity index is 1.94. The van der Waals surface area contributed by atoms with Gasteiger partial charge in [0.05, 0.1) is 18.9 Å². The third-order valence-corrected chi connectivity index (χ3v) is 3.68. The summed E-state index contributed by atoms with van der Waals surface area (Å²) in [7, 11) is 3.49. The number of rotatable bonds is 2. The zero-order valence-electron chi connectivity index (χ0n) is 11.8. The molecule has 2 heterocycles. The standard InChI is InChI=1S/C15H18N2O3/c1-9-12(8-17(2)16-9)15-7-13(18)11-6-10(19-3)4-5-14(11)20-15/h4-6,8,13,15,18H,7H2,1-3H3. The summed E-state index contributed by atoms with van der Waals surface area (Å²) >= 11 is 0. The minimum Gasteiger partial charge on any atom is -0.497 e. The van der Waals surface area contributed by atoms with Crippen molar-refractivity contribution in [2.24, 2.45) is 7.05 Å². The van der Waals surface area contributed by atoms with Crippen LogP contribution in [0.25, 0.3) is 0 Å². The quantitative estimate of drug-likeness (QED) is 0.913. The molecular formula is C15H18N2O3. The number of aryl methyl sites for hydroxylation is 2. The molecule has 20 heavy (non-hydrogen) atoms. The molecule has 3 rings (SSSR count). The van der Waals surface area contributed by atoms with Gasteiger partial charge in [0.25, 0.3) is 0 Å². The number of aliphatic hydroxyl groups is 1. The molecule has 5 nitrogen and oxygen atoms in total. The second kappa shape index (κ2) is 4.83. The van der Waals surface area contributed by atoms with Crippen LogP contribution in [0.1, 0.15) is 35.4 Å². The minimum absolute atomic E-state index is 0.167. The van der Waals surface area contributed by atoms with E-state index in [0.29, 0.717) is 12.2 Å². The van der Waals surface area contributed by atoms with Crippen LogP contribution in [0.2, 0.25) is 0 Å². The monoisotopic (exact) mass is 274 g/mol. The number of aliphatic hydroxyl groups excluding tert-OH is 1. The first-order valence-electron chi connectivity index (χ1n) is 6.61. The van der Waals surface area contributed by atoms with Gasteiger partial charge in [-0.25, -0.2) is 0 Å². The van der Waals surface area contributed by atoms with Crippen molar-refractivity contribution in [1.29, 1.82) is 0 Å². The summed E-state index contributed by atoms with van der Waals surface area (Å²) in [5.74, 6) is 1.43. The smallest absolute Gasteiger partial charge is 0.130 e. The average molecular weight is 274 g/mol. The second-order valence-corrected chi connectivity index (χ2v) is 5.11. The fraction of sp³-hybridized carbons (Fsp3) is 0.400. The van der Waals surface area contributed by atoms with E-state index in [0.717, 1.165) is 22.6 Å². The van der Waals surface area contributed by atoms with Crippen molar-refractivity contribution in [3.8, 4) is 11.5 Å². The maximum atomic E-state index is 10.3. The SMILES string of the molecule is COc1ccc2c(c1)C(O)CC(c1cn(C)nc1C)O2. The van der Waals surface area contributed by atoms with Crippen LogP contribution in [0.3, 0.4) is 0 Å². The Hall–Kier alpha value is -2.01. The molecule has 0 fully saturated rings. The first kappa shape index (κ1) is 13.0. The van der Waals surface area contributed by atoms with Crippen molar-refractivity contribution in [3.05, 3.63) is 41.2 Å². The fourth-order valence-electron chi connectivity index (χ4n) is 2.68. The van der Waals surface area contributed by atoms with E-state index in [-0.39, 0.29) is 6.10 Å². The van der Waals surface area contributed by atoms with Crippen LogP contribution in [0.15, 0.2) is 24.4 Å². The molecule has 1 aliphatic rings. The predicted octanol–water partition coefficient (Wildman–Crippen LogP) is 2.29. The van der Waals surface area contributed by atoms with Crippen LogP contribution in [0.5, 0.6) is 11.5 Å². The van der Waals surface area contributed by atoms with E-state index in [1.807, 2.05) is 38.4 Å². The Morgan fingerprint density at radius 1 is 1.40 bits per heavy atom. The van der Waals surface area contributed by atoms with E-state index in [9.17, 15) is 5.11 Å². The number of nitrogens with zero attached hydrogens (tertiary/aromatic N) is 2. The van der Waals surface area contributed by atoms with Crippen molar-refractivity contribution in [2.45, 2.75) is 25.6 Å². The summed E-state index contributed by atoms with van der Waals surface area (Å²) in [6.07, 6.45) is 1.74. The van der Waals surface area contributed by atoms with E-state index >= 15 is 0 Å². The maximum Gasteiger partial charge on any atom is 0.130 e. The van der Waals surface area contributed by atoms with Crippen molar-refractivity contribution in [1.82, 2.24) is 9.78 Å². The normalized spacial score (nSPS) is 21.2. The zero-order valence-corrected chi connectivity index (χ0v) is 11.8. The van der Waals surface area contributed by atoms with Gasteiger partial charge < -0.3 is 14.6 Å². The minimum atomic E-state index is -0.557. The van der Waals surface area contributed by atoms with Gasteiger partial charge in [-0.1, -0.05) is 0 Å².